The molecule has 0 unspecified atom stereocenters. The summed E-state index contributed by atoms with van der Waals surface area (Å²) in [6.07, 6.45) is 3.57. The minimum Gasteiger partial charge on any atom is -0.351 e. The van der Waals surface area contributed by atoms with Gasteiger partial charge in [-0.15, -0.1) is 0 Å². The molecule has 0 bridgehead atoms. The third kappa shape index (κ3) is 2.91. The Balaban J connectivity index is 2.05. The normalized spacial score (nSPS) is 20.0. The molecule has 18 heavy (non-hydrogen) atoms. The zero-order valence-electron chi connectivity index (χ0n) is 11.3. The van der Waals surface area contributed by atoms with E-state index in [2.05, 4.69) is 34.9 Å². The first kappa shape index (κ1) is 13.1. The standard InChI is InChI=1S/C15H22N2O/c1-3-16-15(18)11(2)17-14-10-6-8-12-7-4-5-9-13(12)14/h4-5,7,9,11,14,17H,3,6,8,10H2,1-2H3,(H,16,18)/p+1/t11-,14+/m0/s1. The van der Waals surface area contributed by atoms with Crippen molar-refractivity contribution in [2.24, 2.45) is 0 Å². The van der Waals surface area contributed by atoms with Crippen molar-refractivity contribution in [1.29, 1.82) is 0 Å². The van der Waals surface area contributed by atoms with Gasteiger partial charge in [-0.25, -0.2) is 0 Å². The highest BCUT2D eigenvalue weighted by atomic mass is 16.2. The fourth-order valence-corrected chi connectivity index (χ4v) is 2.76. The van der Waals surface area contributed by atoms with E-state index < -0.39 is 0 Å². The maximum Gasteiger partial charge on any atom is 0.277 e. The molecule has 0 heterocycles. The summed E-state index contributed by atoms with van der Waals surface area (Å²) in [4.78, 5) is 11.8. The number of rotatable bonds is 4. The maximum atomic E-state index is 11.8. The second kappa shape index (κ2) is 6.01. The SMILES string of the molecule is CCNC(=O)[C@H](C)[NH2+][C@@H]1CCCc2ccccc21. The number of carbonyl (C=O) groups is 1. The van der Waals surface area contributed by atoms with Crippen LogP contribution < -0.4 is 10.6 Å². The fraction of sp³-hybridized carbons (Fsp3) is 0.533. The quantitative estimate of drug-likeness (QED) is 0.824. The van der Waals surface area contributed by atoms with Crippen molar-refractivity contribution in [3.8, 4) is 0 Å². The van der Waals surface area contributed by atoms with E-state index in [9.17, 15) is 4.79 Å². The van der Waals surface area contributed by atoms with E-state index in [-0.39, 0.29) is 11.9 Å². The zero-order chi connectivity index (χ0) is 13.0. The number of nitrogens with one attached hydrogen (secondary N) is 1. The van der Waals surface area contributed by atoms with Crippen LogP contribution in [0.2, 0.25) is 0 Å². The van der Waals surface area contributed by atoms with Gasteiger partial charge in [-0.3, -0.25) is 4.79 Å². The third-order valence-electron chi connectivity index (χ3n) is 3.70. The van der Waals surface area contributed by atoms with Crippen LogP contribution in [-0.4, -0.2) is 18.5 Å². The molecule has 2 atom stereocenters. The van der Waals surface area contributed by atoms with Gasteiger partial charge >= 0.3 is 0 Å². The molecule has 1 amide bonds. The monoisotopic (exact) mass is 247 g/mol. The van der Waals surface area contributed by atoms with Crippen molar-refractivity contribution in [3.63, 3.8) is 0 Å². The minimum absolute atomic E-state index is 0.0129. The van der Waals surface area contributed by atoms with Crippen LogP contribution in [0, 0.1) is 0 Å². The maximum absolute atomic E-state index is 11.8. The topological polar surface area (TPSA) is 45.7 Å². The minimum atomic E-state index is -0.0129. The van der Waals surface area contributed by atoms with Crippen LogP contribution >= 0.6 is 0 Å². The van der Waals surface area contributed by atoms with Gasteiger partial charge in [0.15, 0.2) is 6.04 Å². The molecule has 98 valence electrons. The van der Waals surface area contributed by atoms with E-state index in [4.69, 9.17) is 0 Å². The molecule has 0 saturated heterocycles. The van der Waals surface area contributed by atoms with E-state index in [1.165, 1.54) is 30.4 Å². The molecule has 3 N–H and O–H groups in total. The Morgan fingerprint density at radius 1 is 1.50 bits per heavy atom. The largest absolute Gasteiger partial charge is 0.351 e. The lowest BCUT2D eigenvalue weighted by Gasteiger charge is -2.25. The smallest absolute Gasteiger partial charge is 0.277 e. The van der Waals surface area contributed by atoms with Gasteiger partial charge in [0.05, 0.1) is 0 Å². The summed E-state index contributed by atoms with van der Waals surface area (Å²) in [5, 5.41) is 5.10. The number of hydrogen-bond acceptors (Lipinski definition) is 1. The first-order valence-electron chi connectivity index (χ1n) is 6.93. The predicted molar refractivity (Wildman–Crippen MR) is 72.2 cm³/mol. The van der Waals surface area contributed by atoms with Gasteiger partial charge in [0.2, 0.25) is 0 Å². The van der Waals surface area contributed by atoms with Gasteiger partial charge in [0.25, 0.3) is 5.91 Å². The number of nitrogens with two attached hydrogens (primary N) is 1. The molecule has 1 aliphatic rings. The summed E-state index contributed by atoms with van der Waals surface area (Å²) >= 11 is 0. The molecule has 3 nitrogen and oxygen atoms in total. The van der Waals surface area contributed by atoms with E-state index in [0.29, 0.717) is 12.6 Å². The lowest BCUT2D eigenvalue weighted by molar-refractivity contribution is -0.714. The van der Waals surface area contributed by atoms with Gasteiger partial charge in [0.1, 0.15) is 6.04 Å². The van der Waals surface area contributed by atoms with E-state index in [1.807, 2.05) is 13.8 Å². The van der Waals surface area contributed by atoms with Crippen LogP contribution in [0.15, 0.2) is 24.3 Å². The molecule has 0 spiro atoms. The fourth-order valence-electron chi connectivity index (χ4n) is 2.76. The van der Waals surface area contributed by atoms with Gasteiger partial charge in [-0.2, -0.15) is 0 Å². The lowest BCUT2D eigenvalue weighted by atomic mass is 9.87. The Morgan fingerprint density at radius 2 is 2.28 bits per heavy atom. The Labute approximate surface area is 109 Å². The van der Waals surface area contributed by atoms with E-state index in [0.717, 1.165) is 0 Å². The molecule has 1 aromatic rings. The van der Waals surface area contributed by atoms with Gasteiger partial charge in [-0.05, 0) is 32.3 Å². The highest BCUT2D eigenvalue weighted by Crippen LogP contribution is 2.26. The average Bonchev–Trinajstić information content (AvgIpc) is 2.39. The summed E-state index contributed by atoms with van der Waals surface area (Å²) in [7, 11) is 0. The molecule has 0 radical (unpaired) electrons. The molecule has 0 aromatic heterocycles. The lowest BCUT2D eigenvalue weighted by Crippen LogP contribution is -2.92. The Kier molecular flexibility index (Phi) is 4.37. The molecule has 0 aliphatic heterocycles. The third-order valence-corrected chi connectivity index (χ3v) is 3.70. The number of quaternary nitrogens is 1. The molecular formula is C15H23N2O+. The van der Waals surface area contributed by atoms with Crippen LogP contribution in [0.1, 0.15) is 43.9 Å². The van der Waals surface area contributed by atoms with E-state index in [1.54, 1.807) is 0 Å². The van der Waals surface area contributed by atoms with Crippen molar-refractivity contribution in [1.82, 2.24) is 5.32 Å². The molecule has 1 aliphatic carbocycles. The predicted octanol–water partition coefficient (Wildman–Crippen LogP) is 1.15. The second-order valence-corrected chi connectivity index (χ2v) is 5.07. The number of carbonyl (C=O) groups excluding carboxylic acids is 1. The number of benzene rings is 1. The zero-order valence-corrected chi connectivity index (χ0v) is 11.3. The number of amides is 1. The molecular weight excluding hydrogens is 224 g/mol. The number of aryl methyl sites for hydroxylation is 1. The second-order valence-electron chi connectivity index (χ2n) is 5.07. The van der Waals surface area contributed by atoms with Crippen molar-refractivity contribution >= 4 is 5.91 Å². The average molecular weight is 247 g/mol. The number of hydrogen-bond donors (Lipinski definition) is 2. The highest BCUT2D eigenvalue weighted by Gasteiger charge is 2.26. The summed E-state index contributed by atoms with van der Waals surface area (Å²) < 4.78 is 0. The number of fused-ring (bicyclic) bond motifs is 1. The van der Waals surface area contributed by atoms with Crippen molar-refractivity contribution in [3.05, 3.63) is 35.4 Å². The molecule has 2 rings (SSSR count). The number of likely N-dealkylation sites (N-methyl/N-ethyl adjacent to an activating group) is 1. The molecule has 0 fully saturated rings. The molecule has 0 saturated carbocycles. The summed E-state index contributed by atoms with van der Waals surface area (Å²) in [5.41, 5.74) is 2.87. The summed E-state index contributed by atoms with van der Waals surface area (Å²) in [6, 6.07) is 9.05. The first-order valence-corrected chi connectivity index (χ1v) is 6.93. The Hall–Kier alpha value is -1.35. The summed E-state index contributed by atoms with van der Waals surface area (Å²) in [5.74, 6) is 0.139. The first-order chi connectivity index (χ1) is 8.72. The van der Waals surface area contributed by atoms with Gasteiger partial charge in [-0.1, -0.05) is 24.3 Å². The van der Waals surface area contributed by atoms with Crippen LogP contribution in [0.25, 0.3) is 0 Å². The van der Waals surface area contributed by atoms with Crippen LogP contribution in [0.5, 0.6) is 0 Å². The Morgan fingerprint density at radius 3 is 3.06 bits per heavy atom. The van der Waals surface area contributed by atoms with Gasteiger partial charge < -0.3 is 10.6 Å². The van der Waals surface area contributed by atoms with Crippen molar-refractivity contribution in [2.45, 2.75) is 45.2 Å². The molecule has 1 aromatic carbocycles. The van der Waals surface area contributed by atoms with Crippen LogP contribution in [-0.2, 0) is 11.2 Å². The van der Waals surface area contributed by atoms with E-state index >= 15 is 0 Å². The van der Waals surface area contributed by atoms with Crippen LogP contribution in [0.3, 0.4) is 0 Å². The van der Waals surface area contributed by atoms with Crippen molar-refractivity contribution < 1.29 is 10.1 Å². The molecule has 3 heteroatoms. The van der Waals surface area contributed by atoms with Crippen LogP contribution in [0.4, 0.5) is 0 Å². The van der Waals surface area contributed by atoms with Gasteiger partial charge in [0, 0.05) is 18.5 Å². The summed E-state index contributed by atoms with van der Waals surface area (Å²) in [6.45, 7) is 4.65. The highest BCUT2D eigenvalue weighted by molar-refractivity contribution is 5.79. The van der Waals surface area contributed by atoms with Crippen molar-refractivity contribution in [2.75, 3.05) is 6.54 Å². The Bertz CT molecular complexity index is 417.